The summed E-state index contributed by atoms with van der Waals surface area (Å²) in [6.45, 7) is 12.3. The molecule has 1 aromatic rings. The molecular weight excluding hydrogens is 214 g/mol. The quantitative estimate of drug-likeness (QED) is 0.555. The first-order valence-corrected chi connectivity index (χ1v) is 6.67. The number of hydrogen-bond donors (Lipinski definition) is 0. The van der Waals surface area contributed by atoms with Crippen LogP contribution in [0.4, 0.5) is 0 Å². The van der Waals surface area contributed by atoms with E-state index in [0.29, 0.717) is 0 Å². The molecule has 1 saturated heterocycles. The lowest BCUT2D eigenvalue weighted by Gasteiger charge is -2.12. The zero-order valence-electron chi connectivity index (χ0n) is 10.5. The van der Waals surface area contributed by atoms with Crippen LogP contribution in [0.2, 0.25) is 0 Å². The van der Waals surface area contributed by atoms with Gasteiger partial charge in [0.05, 0.1) is 0 Å². The standard InChI is InChI=1S/C12H15NS.C2H6/c1-10-4-3-5-12(8-10)14-13-7-6-11(2)9-13;1-2/h3-5,8H,2,6-7,9H2,1H3;1-2H3. The smallest absolute Gasteiger partial charge is 0.0301 e. The van der Waals surface area contributed by atoms with Crippen LogP contribution < -0.4 is 0 Å². The summed E-state index contributed by atoms with van der Waals surface area (Å²) < 4.78 is 2.37. The molecule has 0 amide bonds. The summed E-state index contributed by atoms with van der Waals surface area (Å²) >= 11 is 1.84. The highest BCUT2D eigenvalue weighted by Crippen LogP contribution is 2.28. The van der Waals surface area contributed by atoms with Crippen LogP contribution in [0.1, 0.15) is 25.8 Å². The zero-order valence-corrected chi connectivity index (χ0v) is 11.3. The van der Waals surface area contributed by atoms with Gasteiger partial charge in [0, 0.05) is 18.0 Å². The van der Waals surface area contributed by atoms with Gasteiger partial charge in [-0.25, -0.2) is 4.31 Å². The normalized spacial score (nSPS) is 15.8. The van der Waals surface area contributed by atoms with E-state index in [1.807, 2.05) is 25.8 Å². The fraction of sp³-hybridized carbons (Fsp3) is 0.429. The van der Waals surface area contributed by atoms with Gasteiger partial charge < -0.3 is 0 Å². The van der Waals surface area contributed by atoms with Gasteiger partial charge in [-0.1, -0.05) is 38.1 Å². The number of rotatable bonds is 2. The summed E-state index contributed by atoms with van der Waals surface area (Å²) in [6, 6.07) is 8.64. The second kappa shape index (κ2) is 6.77. The highest BCUT2D eigenvalue weighted by Gasteiger charge is 2.15. The van der Waals surface area contributed by atoms with E-state index in [1.165, 1.54) is 16.0 Å². The molecule has 0 aromatic heterocycles. The summed E-state index contributed by atoms with van der Waals surface area (Å²) in [4.78, 5) is 1.33. The van der Waals surface area contributed by atoms with Gasteiger partial charge in [-0.05, 0) is 43.0 Å². The first-order valence-electron chi connectivity index (χ1n) is 5.90. The molecule has 0 atom stereocenters. The molecule has 1 fully saturated rings. The molecular formula is C14H21NS. The number of aryl methyl sites for hydroxylation is 1. The Morgan fingerprint density at radius 3 is 2.62 bits per heavy atom. The van der Waals surface area contributed by atoms with Gasteiger partial charge >= 0.3 is 0 Å². The highest BCUT2D eigenvalue weighted by atomic mass is 32.2. The van der Waals surface area contributed by atoms with E-state index in [4.69, 9.17) is 0 Å². The van der Waals surface area contributed by atoms with E-state index in [1.54, 1.807) is 0 Å². The van der Waals surface area contributed by atoms with Gasteiger partial charge in [0.15, 0.2) is 0 Å². The Hall–Kier alpha value is -0.730. The van der Waals surface area contributed by atoms with Crippen molar-refractivity contribution in [1.29, 1.82) is 0 Å². The lowest BCUT2D eigenvalue weighted by molar-refractivity contribution is 0.595. The number of hydrogen-bond acceptors (Lipinski definition) is 2. The maximum Gasteiger partial charge on any atom is 0.0301 e. The molecule has 2 rings (SSSR count). The number of nitrogens with zero attached hydrogens (tertiary/aromatic N) is 1. The maximum atomic E-state index is 4.01. The van der Waals surface area contributed by atoms with E-state index in [2.05, 4.69) is 42.1 Å². The Balaban J connectivity index is 0.000000606. The van der Waals surface area contributed by atoms with Crippen molar-refractivity contribution < 1.29 is 0 Å². The van der Waals surface area contributed by atoms with Crippen LogP contribution in [-0.2, 0) is 0 Å². The van der Waals surface area contributed by atoms with Crippen LogP contribution in [0.25, 0.3) is 0 Å². The molecule has 16 heavy (non-hydrogen) atoms. The molecule has 1 nitrogen and oxygen atoms in total. The van der Waals surface area contributed by atoms with Gasteiger partial charge in [0.25, 0.3) is 0 Å². The second-order valence-electron chi connectivity index (χ2n) is 3.77. The van der Waals surface area contributed by atoms with Gasteiger partial charge in [-0.15, -0.1) is 0 Å². The second-order valence-corrected chi connectivity index (χ2v) is 4.94. The van der Waals surface area contributed by atoms with Crippen LogP contribution in [0.5, 0.6) is 0 Å². The lowest BCUT2D eigenvalue weighted by Crippen LogP contribution is -2.08. The third kappa shape index (κ3) is 4.03. The fourth-order valence-electron chi connectivity index (χ4n) is 1.59. The van der Waals surface area contributed by atoms with E-state index in [-0.39, 0.29) is 0 Å². The van der Waals surface area contributed by atoms with Crippen LogP contribution in [0.3, 0.4) is 0 Å². The summed E-state index contributed by atoms with van der Waals surface area (Å²) in [5, 5.41) is 0. The van der Waals surface area contributed by atoms with Crippen LogP contribution >= 0.6 is 11.9 Å². The minimum Gasteiger partial charge on any atom is -0.242 e. The third-order valence-electron chi connectivity index (χ3n) is 2.34. The molecule has 88 valence electrons. The molecule has 0 spiro atoms. The molecule has 0 N–H and O–H groups in total. The molecule has 1 heterocycles. The minimum atomic E-state index is 1.04. The molecule has 2 heteroatoms. The van der Waals surface area contributed by atoms with E-state index >= 15 is 0 Å². The van der Waals surface area contributed by atoms with E-state index < -0.39 is 0 Å². The average Bonchev–Trinajstić information content (AvgIpc) is 2.67. The first kappa shape index (κ1) is 13.3. The predicted molar refractivity (Wildman–Crippen MR) is 73.7 cm³/mol. The molecule has 0 unspecified atom stereocenters. The van der Waals surface area contributed by atoms with Crippen molar-refractivity contribution in [3.05, 3.63) is 42.0 Å². The molecule has 1 aliphatic heterocycles. The van der Waals surface area contributed by atoms with E-state index in [9.17, 15) is 0 Å². The Bertz CT molecular complexity index is 346. The maximum absolute atomic E-state index is 4.01. The zero-order chi connectivity index (χ0) is 12.0. The van der Waals surface area contributed by atoms with Crippen LogP contribution in [0, 0.1) is 6.92 Å². The summed E-state index contributed by atoms with van der Waals surface area (Å²) in [5.41, 5.74) is 2.68. The minimum absolute atomic E-state index is 1.04. The van der Waals surface area contributed by atoms with Crippen LogP contribution in [0.15, 0.2) is 41.3 Å². The Morgan fingerprint density at radius 1 is 1.31 bits per heavy atom. The van der Waals surface area contributed by atoms with Crippen LogP contribution in [-0.4, -0.2) is 17.4 Å². The Kier molecular flexibility index (Phi) is 5.64. The summed E-state index contributed by atoms with van der Waals surface area (Å²) in [7, 11) is 0. The largest absolute Gasteiger partial charge is 0.242 e. The SMILES string of the molecule is C=C1CCN(Sc2cccc(C)c2)C1.CC. The molecule has 0 aliphatic carbocycles. The fourth-order valence-corrected chi connectivity index (χ4v) is 2.70. The summed E-state index contributed by atoms with van der Waals surface area (Å²) in [5.74, 6) is 0. The molecule has 0 radical (unpaired) electrons. The van der Waals surface area contributed by atoms with Gasteiger partial charge in [-0.3, -0.25) is 0 Å². The predicted octanol–water partition coefficient (Wildman–Crippen LogP) is 4.29. The Morgan fingerprint density at radius 2 is 2.06 bits per heavy atom. The molecule has 1 aliphatic rings. The van der Waals surface area contributed by atoms with Crippen molar-refractivity contribution in [2.45, 2.75) is 32.1 Å². The Labute approximate surface area is 104 Å². The topological polar surface area (TPSA) is 3.24 Å². The van der Waals surface area contributed by atoms with Gasteiger partial charge in [0.1, 0.15) is 0 Å². The molecule has 1 aromatic carbocycles. The van der Waals surface area contributed by atoms with Crippen molar-refractivity contribution in [1.82, 2.24) is 4.31 Å². The van der Waals surface area contributed by atoms with Gasteiger partial charge in [-0.2, -0.15) is 0 Å². The molecule has 0 saturated carbocycles. The first-order chi connectivity index (χ1) is 7.74. The summed E-state index contributed by atoms with van der Waals surface area (Å²) in [6.07, 6.45) is 1.15. The van der Waals surface area contributed by atoms with Crippen molar-refractivity contribution in [2.75, 3.05) is 13.1 Å². The van der Waals surface area contributed by atoms with Crippen molar-refractivity contribution in [2.24, 2.45) is 0 Å². The third-order valence-corrected chi connectivity index (χ3v) is 3.37. The van der Waals surface area contributed by atoms with Crippen molar-refractivity contribution in [3.8, 4) is 0 Å². The average molecular weight is 235 g/mol. The monoisotopic (exact) mass is 235 g/mol. The number of benzene rings is 1. The molecule has 0 bridgehead atoms. The van der Waals surface area contributed by atoms with Gasteiger partial charge in [0.2, 0.25) is 0 Å². The lowest BCUT2D eigenvalue weighted by atomic mass is 10.2. The van der Waals surface area contributed by atoms with Crippen molar-refractivity contribution >= 4 is 11.9 Å². The van der Waals surface area contributed by atoms with Crippen molar-refractivity contribution in [3.63, 3.8) is 0 Å². The van der Waals surface area contributed by atoms with E-state index in [0.717, 1.165) is 19.5 Å². The highest BCUT2D eigenvalue weighted by molar-refractivity contribution is 7.97.